The molecule has 0 aliphatic heterocycles. The van der Waals surface area contributed by atoms with E-state index in [-0.39, 0.29) is 0 Å². The predicted molar refractivity (Wildman–Crippen MR) is 61.4 cm³/mol. The van der Waals surface area contributed by atoms with Gasteiger partial charge < -0.3 is 5.73 Å². The molecule has 1 aromatic carbocycles. The van der Waals surface area contributed by atoms with E-state index in [4.69, 9.17) is 17.3 Å². The summed E-state index contributed by atoms with van der Waals surface area (Å²) in [4.78, 5) is 0. The molecule has 0 aliphatic rings. The minimum absolute atomic E-state index is 0.659. The molecule has 0 saturated carbocycles. The summed E-state index contributed by atoms with van der Waals surface area (Å²) in [5.74, 6) is 0. The maximum atomic E-state index is 6.06. The van der Waals surface area contributed by atoms with Gasteiger partial charge in [0.15, 0.2) is 0 Å². The van der Waals surface area contributed by atoms with Gasteiger partial charge in [0, 0.05) is 9.50 Å². The highest BCUT2D eigenvalue weighted by atomic mass is 79.9. The van der Waals surface area contributed by atoms with Crippen molar-refractivity contribution in [2.24, 2.45) is 5.73 Å². The normalized spacial score (nSPS) is 10.5. The number of hydrogen-bond donors (Lipinski definition) is 1. The molecule has 0 bridgehead atoms. The molecule has 1 nitrogen and oxygen atoms in total. The van der Waals surface area contributed by atoms with E-state index in [1.54, 1.807) is 0 Å². The van der Waals surface area contributed by atoms with Gasteiger partial charge in [0.25, 0.3) is 0 Å². The van der Waals surface area contributed by atoms with Gasteiger partial charge >= 0.3 is 0 Å². The quantitative estimate of drug-likeness (QED) is 0.870. The first-order chi connectivity index (χ1) is 6.07. The van der Waals surface area contributed by atoms with Gasteiger partial charge in [-0.05, 0) is 49.6 Å². The Morgan fingerprint density at radius 2 is 2.00 bits per heavy atom. The average Bonchev–Trinajstić information content (AvgIpc) is 2.11. The van der Waals surface area contributed by atoms with Crippen LogP contribution < -0.4 is 5.73 Å². The van der Waals surface area contributed by atoms with E-state index in [9.17, 15) is 0 Å². The van der Waals surface area contributed by atoms with Gasteiger partial charge in [0.2, 0.25) is 0 Å². The maximum absolute atomic E-state index is 6.06. The minimum Gasteiger partial charge on any atom is -0.330 e. The van der Waals surface area contributed by atoms with Crippen LogP contribution in [0.1, 0.15) is 16.7 Å². The summed E-state index contributed by atoms with van der Waals surface area (Å²) in [5, 5.41) is 0.806. The molecular formula is C10H13BrClN. The van der Waals surface area contributed by atoms with E-state index in [0.717, 1.165) is 21.5 Å². The molecule has 0 radical (unpaired) electrons. The smallest absolute Gasteiger partial charge is 0.0449 e. The number of rotatable bonds is 2. The highest BCUT2D eigenvalue weighted by Gasteiger charge is 2.08. The second kappa shape index (κ2) is 4.45. The predicted octanol–water partition coefficient (Wildman–Crippen LogP) is 3.22. The van der Waals surface area contributed by atoms with Crippen molar-refractivity contribution in [1.29, 1.82) is 0 Å². The van der Waals surface area contributed by atoms with E-state index in [1.807, 2.05) is 13.0 Å². The van der Waals surface area contributed by atoms with Crippen LogP contribution in [0, 0.1) is 13.8 Å². The zero-order valence-corrected chi connectivity index (χ0v) is 10.2. The SMILES string of the molecule is Cc1c(Cl)cc(CCN)c(C)c1Br. The molecule has 3 heteroatoms. The Bertz CT molecular complexity index is 323. The summed E-state index contributed by atoms with van der Waals surface area (Å²) in [6.07, 6.45) is 0.879. The van der Waals surface area contributed by atoms with Crippen molar-refractivity contribution < 1.29 is 0 Å². The summed E-state index contributed by atoms with van der Waals surface area (Å²) in [5.41, 5.74) is 9.08. The first-order valence-corrected chi connectivity index (χ1v) is 5.39. The molecule has 1 aromatic rings. The molecule has 0 amide bonds. The highest BCUT2D eigenvalue weighted by Crippen LogP contribution is 2.30. The molecule has 2 N–H and O–H groups in total. The van der Waals surface area contributed by atoms with Crippen molar-refractivity contribution >= 4 is 27.5 Å². The number of nitrogens with two attached hydrogens (primary N) is 1. The van der Waals surface area contributed by atoms with Gasteiger partial charge in [0.05, 0.1) is 0 Å². The zero-order valence-electron chi connectivity index (χ0n) is 7.82. The van der Waals surface area contributed by atoms with Crippen LogP contribution in [-0.2, 0) is 6.42 Å². The first kappa shape index (κ1) is 11.0. The summed E-state index contributed by atoms with van der Waals surface area (Å²) in [6.45, 7) is 4.75. The van der Waals surface area contributed by atoms with Crippen LogP contribution in [0.3, 0.4) is 0 Å². The summed E-state index contributed by atoms with van der Waals surface area (Å²) in [6, 6.07) is 2.00. The van der Waals surface area contributed by atoms with Gasteiger partial charge in [-0.2, -0.15) is 0 Å². The second-order valence-electron chi connectivity index (χ2n) is 3.12. The Morgan fingerprint density at radius 3 is 2.54 bits per heavy atom. The second-order valence-corrected chi connectivity index (χ2v) is 4.32. The summed E-state index contributed by atoms with van der Waals surface area (Å²) >= 11 is 9.58. The van der Waals surface area contributed by atoms with Crippen LogP contribution in [0.2, 0.25) is 5.02 Å². The molecule has 0 saturated heterocycles. The Labute approximate surface area is 92.4 Å². The van der Waals surface area contributed by atoms with Crippen molar-refractivity contribution in [2.75, 3.05) is 6.54 Å². The Hall–Kier alpha value is -0.0500. The topological polar surface area (TPSA) is 26.0 Å². The molecule has 0 atom stereocenters. The lowest BCUT2D eigenvalue weighted by Gasteiger charge is -2.10. The van der Waals surface area contributed by atoms with Crippen molar-refractivity contribution in [2.45, 2.75) is 20.3 Å². The molecule has 0 spiro atoms. The molecular weight excluding hydrogens is 249 g/mol. The monoisotopic (exact) mass is 261 g/mol. The molecule has 13 heavy (non-hydrogen) atoms. The van der Waals surface area contributed by atoms with E-state index in [2.05, 4.69) is 22.9 Å². The molecule has 0 unspecified atom stereocenters. The minimum atomic E-state index is 0.659. The molecule has 0 aliphatic carbocycles. The fourth-order valence-electron chi connectivity index (χ4n) is 1.31. The largest absolute Gasteiger partial charge is 0.330 e. The maximum Gasteiger partial charge on any atom is 0.0449 e. The number of halogens is 2. The summed E-state index contributed by atoms with van der Waals surface area (Å²) < 4.78 is 1.10. The highest BCUT2D eigenvalue weighted by molar-refractivity contribution is 9.10. The third-order valence-electron chi connectivity index (χ3n) is 2.21. The van der Waals surface area contributed by atoms with Crippen molar-refractivity contribution in [3.05, 3.63) is 32.3 Å². The molecule has 0 aromatic heterocycles. The standard InChI is InChI=1S/C10H13BrClN/c1-6-8(3-4-13)5-9(12)7(2)10(6)11/h5H,3-4,13H2,1-2H3. The van der Waals surface area contributed by atoms with Crippen LogP contribution in [-0.4, -0.2) is 6.54 Å². The molecule has 72 valence electrons. The van der Waals surface area contributed by atoms with Gasteiger partial charge in [-0.25, -0.2) is 0 Å². The fourth-order valence-corrected chi connectivity index (χ4v) is 2.12. The molecule has 1 rings (SSSR count). The van der Waals surface area contributed by atoms with E-state index >= 15 is 0 Å². The lowest BCUT2D eigenvalue weighted by atomic mass is 10.0. The van der Waals surface area contributed by atoms with Gasteiger partial charge in [-0.15, -0.1) is 0 Å². The Kier molecular flexibility index (Phi) is 3.77. The van der Waals surface area contributed by atoms with Crippen LogP contribution >= 0.6 is 27.5 Å². The molecule has 0 heterocycles. The summed E-state index contributed by atoms with van der Waals surface area (Å²) in [7, 11) is 0. The van der Waals surface area contributed by atoms with Crippen molar-refractivity contribution in [3.8, 4) is 0 Å². The van der Waals surface area contributed by atoms with E-state index < -0.39 is 0 Å². The van der Waals surface area contributed by atoms with Gasteiger partial charge in [-0.3, -0.25) is 0 Å². The van der Waals surface area contributed by atoms with Crippen molar-refractivity contribution in [1.82, 2.24) is 0 Å². The number of benzene rings is 1. The fraction of sp³-hybridized carbons (Fsp3) is 0.400. The Balaban J connectivity index is 3.24. The Morgan fingerprint density at radius 1 is 1.38 bits per heavy atom. The van der Waals surface area contributed by atoms with E-state index in [0.29, 0.717) is 6.54 Å². The third-order valence-corrected chi connectivity index (χ3v) is 3.80. The van der Waals surface area contributed by atoms with E-state index in [1.165, 1.54) is 11.1 Å². The zero-order chi connectivity index (χ0) is 10.0. The number of hydrogen-bond acceptors (Lipinski definition) is 1. The van der Waals surface area contributed by atoms with Crippen LogP contribution in [0.15, 0.2) is 10.5 Å². The van der Waals surface area contributed by atoms with Gasteiger partial charge in [-0.1, -0.05) is 27.5 Å². The van der Waals surface area contributed by atoms with Crippen LogP contribution in [0.4, 0.5) is 0 Å². The third kappa shape index (κ3) is 2.25. The van der Waals surface area contributed by atoms with Crippen LogP contribution in [0.5, 0.6) is 0 Å². The van der Waals surface area contributed by atoms with Crippen LogP contribution in [0.25, 0.3) is 0 Å². The van der Waals surface area contributed by atoms with Crippen molar-refractivity contribution in [3.63, 3.8) is 0 Å². The van der Waals surface area contributed by atoms with Gasteiger partial charge in [0.1, 0.15) is 0 Å². The lowest BCUT2D eigenvalue weighted by Crippen LogP contribution is -2.05. The first-order valence-electron chi connectivity index (χ1n) is 4.22. The molecule has 0 fully saturated rings. The lowest BCUT2D eigenvalue weighted by molar-refractivity contribution is 0.954. The average molecular weight is 263 g/mol.